The van der Waals surface area contributed by atoms with Gasteiger partial charge in [-0.3, -0.25) is 4.79 Å². The summed E-state index contributed by atoms with van der Waals surface area (Å²) in [7, 11) is 0. The van der Waals surface area contributed by atoms with Gasteiger partial charge in [-0.25, -0.2) is 0 Å². The normalized spacial score (nSPS) is 17.8. The van der Waals surface area contributed by atoms with E-state index in [-0.39, 0.29) is 12.5 Å². The number of amides is 1. The highest BCUT2D eigenvalue weighted by Gasteiger charge is 2.19. The van der Waals surface area contributed by atoms with E-state index in [9.17, 15) is 4.79 Å². The number of carbonyl (C=O) groups excluding carboxylic acids is 1. The van der Waals surface area contributed by atoms with Crippen LogP contribution in [0.15, 0.2) is 34.7 Å². The third-order valence-electron chi connectivity index (χ3n) is 3.42. The van der Waals surface area contributed by atoms with Crippen LogP contribution < -0.4 is 5.32 Å². The van der Waals surface area contributed by atoms with E-state index in [0.29, 0.717) is 30.7 Å². The summed E-state index contributed by atoms with van der Waals surface area (Å²) in [5, 5.41) is 10.7. The van der Waals surface area contributed by atoms with E-state index in [2.05, 4.69) is 15.5 Å². The Morgan fingerprint density at radius 3 is 2.90 bits per heavy atom. The van der Waals surface area contributed by atoms with Gasteiger partial charge in [0.1, 0.15) is 0 Å². The van der Waals surface area contributed by atoms with Gasteiger partial charge in [-0.05, 0) is 24.5 Å². The second-order valence-corrected chi connectivity index (χ2v) is 5.08. The lowest BCUT2D eigenvalue weighted by atomic mass is 10.1. The van der Waals surface area contributed by atoms with Crippen LogP contribution in [0.5, 0.6) is 0 Å². The number of rotatable bonds is 5. The van der Waals surface area contributed by atoms with Gasteiger partial charge >= 0.3 is 0 Å². The van der Waals surface area contributed by atoms with Crippen molar-refractivity contribution in [1.82, 2.24) is 15.5 Å². The molecule has 1 N–H and O–H groups in total. The van der Waals surface area contributed by atoms with Crippen molar-refractivity contribution in [2.75, 3.05) is 13.2 Å². The first-order valence-electron chi connectivity index (χ1n) is 7.03. The largest absolute Gasteiger partial charge is 0.419 e. The molecule has 3 rings (SSSR count). The van der Waals surface area contributed by atoms with Crippen molar-refractivity contribution in [2.24, 2.45) is 5.92 Å². The maximum absolute atomic E-state index is 11.8. The first kappa shape index (κ1) is 13.8. The Labute approximate surface area is 122 Å². The third kappa shape index (κ3) is 3.66. The molecule has 21 heavy (non-hydrogen) atoms. The van der Waals surface area contributed by atoms with Gasteiger partial charge in [0, 0.05) is 25.2 Å². The zero-order chi connectivity index (χ0) is 14.5. The van der Waals surface area contributed by atoms with Gasteiger partial charge in [0.2, 0.25) is 17.7 Å². The van der Waals surface area contributed by atoms with E-state index >= 15 is 0 Å². The summed E-state index contributed by atoms with van der Waals surface area (Å²) in [6.07, 6.45) is 1.44. The highest BCUT2D eigenvalue weighted by atomic mass is 16.5. The average molecular weight is 287 g/mol. The molecule has 1 aliphatic rings. The molecule has 1 atom stereocenters. The van der Waals surface area contributed by atoms with E-state index in [1.54, 1.807) is 0 Å². The summed E-state index contributed by atoms with van der Waals surface area (Å²) in [6.45, 7) is 1.68. The molecule has 6 heteroatoms. The molecule has 1 fully saturated rings. The van der Waals surface area contributed by atoms with E-state index in [1.807, 2.05) is 30.3 Å². The second-order valence-electron chi connectivity index (χ2n) is 5.08. The predicted octanol–water partition coefficient (Wildman–Crippen LogP) is 1.78. The molecular formula is C15H17N3O3. The number of ether oxygens (including phenoxy) is 1. The molecule has 6 nitrogen and oxygen atoms in total. The maximum Gasteiger partial charge on any atom is 0.247 e. The molecule has 1 amide bonds. The van der Waals surface area contributed by atoms with Gasteiger partial charge in [0.25, 0.3) is 0 Å². The summed E-state index contributed by atoms with van der Waals surface area (Å²) in [6, 6.07) is 9.54. The molecule has 2 heterocycles. The number of hydrogen-bond acceptors (Lipinski definition) is 5. The molecule has 0 aliphatic carbocycles. The number of nitrogens with zero attached hydrogens (tertiary/aromatic N) is 2. The summed E-state index contributed by atoms with van der Waals surface area (Å²) in [5.74, 6) is 1.19. The molecule has 0 spiro atoms. The SMILES string of the molecule is O=C(C[C@@H]1CCOC1)NCc1nnc(-c2ccccc2)o1. The molecule has 0 radical (unpaired) electrons. The minimum absolute atomic E-state index is 0.00930. The monoisotopic (exact) mass is 287 g/mol. The van der Waals surface area contributed by atoms with Gasteiger partial charge in [0.15, 0.2) is 0 Å². The molecule has 0 saturated carbocycles. The van der Waals surface area contributed by atoms with Gasteiger partial charge in [-0.15, -0.1) is 10.2 Å². The van der Waals surface area contributed by atoms with Crippen LogP contribution in [0.4, 0.5) is 0 Å². The zero-order valence-corrected chi connectivity index (χ0v) is 11.6. The highest BCUT2D eigenvalue weighted by Crippen LogP contribution is 2.17. The van der Waals surface area contributed by atoms with E-state index in [0.717, 1.165) is 18.6 Å². The molecule has 0 bridgehead atoms. The van der Waals surface area contributed by atoms with Crippen LogP contribution in [0.1, 0.15) is 18.7 Å². The van der Waals surface area contributed by atoms with Crippen LogP contribution in [0.25, 0.3) is 11.5 Å². The number of carbonyl (C=O) groups is 1. The fourth-order valence-corrected chi connectivity index (χ4v) is 2.28. The minimum Gasteiger partial charge on any atom is -0.419 e. The summed E-state index contributed by atoms with van der Waals surface area (Å²) >= 11 is 0. The summed E-state index contributed by atoms with van der Waals surface area (Å²) in [5.41, 5.74) is 0.866. The highest BCUT2D eigenvalue weighted by molar-refractivity contribution is 5.76. The summed E-state index contributed by atoms with van der Waals surface area (Å²) in [4.78, 5) is 11.8. The molecule has 2 aromatic rings. The molecule has 1 aliphatic heterocycles. The second kappa shape index (κ2) is 6.49. The van der Waals surface area contributed by atoms with Crippen LogP contribution in [-0.2, 0) is 16.1 Å². The fourth-order valence-electron chi connectivity index (χ4n) is 2.28. The molecule has 1 aromatic carbocycles. The first-order valence-corrected chi connectivity index (χ1v) is 7.03. The Hall–Kier alpha value is -2.21. The van der Waals surface area contributed by atoms with Gasteiger partial charge < -0.3 is 14.5 Å². The van der Waals surface area contributed by atoms with Crippen LogP contribution in [0.2, 0.25) is 0 Å². The van der Waals surface area contributed by atoms with Crippen molar-refractivity contribution in [3.05, 3.63) is 36.2 Å². The smallest absolute Gasteiger partial charge is 0.247 e. The van der Waals surface area contributed by atoms with Crippen molar-refractivity contribution in [3.8, 4) is 11.5 Å². The predicted molar refractivity (Wildman–Crippen MR) is 75.1 cm³/mol. The lowest BCUT2D eigenvalue weighted by Gasteiger charge is -2.06. The lowest BCUT2D eigenvalue weighted by Crippen LogP contribution is -2.25. The lowest BCUT2D eigenvalue weighted by molar-refractivity contribution is -0.122. The van der Waals surface area contributed by atoms with Crippen molar-refractivity contribution in [3.63, 3.8) is 0 Å². The van der Waals surface area contributed by atoms with E-state index in [4.69, 9.17) is 9.15 Å². The average Bonchev–Trinajstić information content (AvgIpc) is 3.17. The van der Waals surface area contributed by atoms with Crippen molar-refractivity contribution < 1.29 is 13.9 Å². The Kier molecular flexibility index (Phi) is 4.25. The molecule has 1 saturated heterocycles. The van der Waals surface area contributed by atoms with Crippen LogP contribution in [0, 0.1) is 5.92 Å². The Balaban J connectivity index is 1.51. The molecular weight excluding hydrogens is 270 g/mol. The topological polar surface area (TPSA) is 77.2 Å². The maximum atomic E-state index is 11.8. The first-order chi connectivity index (χ1) is 10.3. The summed E-state index contributed by atoms with van der Waals surface area (Å²) < 4.78 is 10.8. The van der Waals surface area contributed by atoms with Gasteiger partial charge in [0.05, 0.1) is 6.54 Å². The van der Waals surface area contributed by atoms with E-state index in [1.165, 1.54) is 0 Å². The molecule has 110 valence electrons. The van der Waals surface area contributed by atoms with Crippen molar-refractivity contribution in [1.29, 1.82) is 0 Å². The molecule has 0 unspecified atom stereocenters. The van der Waals surface area contributed by atoms with Crippen LogP contribution in [-0.4, -0.2) is 29.3 Å². The number of benzene rings is 1. The standard InChI is InChI=1S/C15H17N3O3/c19-13(8-11-6-7-20-10-11)16-9-14-17-18-15(21-14)12-4-2-1-3-5-12/h1-5,11H,6-10H2,(H,16,19)/t11-/m0/s1. The number of nitrogens with one attached hydrogen (secondary N) is 1. The van der Waals surface area contributed by atoms with E-state index < -0.39 is 0 Å². The van der Waals surface area contributed by atoms with Gasteiger partial charge in [-0.1, -0.05) is 18.2 Å². The Morgan fingerprint density at radius 2 is 2.14 bits per heavy atom. The van der Waals surface area contributed by atoms with Crippen LogP contribution >= 0.6 is 0 Å². The van der Waals surface area contributed by atoms with Gasteiger partial charge in [-0.2, -0.15) is 0 Å². The van der Waals surface area contributed by atoms with Crippen molar-refractivity contribution in [2.45, 2.75) is 19.4 Å². The fraction of sp³-hybridized carbons (Fsp3) is 0.400. The number of aromatic nitrogens is 2. The number of hydrogen-bond donors (Lipinski definition) is 1. The quantitative estimate of drug-likeness (QED) is 0.907. The third-order valence-corrected chi connectivity index (χ3v) is 3.42. The molecule has 1 aromatic heterocycles. The van der Waals surface area contributed by atoms with Crippen LogP contribution in [0.3, 0.4) is 0 Å². The zero-order valence-electron chi connectivity index (χ0n) is 11.6. The Bertz CT molecular complexity index is 591. The Morgan fingerprint density at radius 1 is 1.29 bits per heavy atom. The minimum atomic E-state index is -0.00930. The van der Waals surface area contributed by atoms with Crippen molar-refractivity contribution >= 4 is 5.91 Å².